The Hall–Kier alpha value is -0.870. The average Bonchev–Trinajstić information content (AvgIpc) is 2.76. The summed E-state index contributed by atoms with van der Waals surface area (Å²) in [6, 6.07) is 0. The van der Waals surface area contributed by atoms with Crippen molar-refractivity contribution in [1.29, 1.82) is 0 Å². The molecule has 1 N–H and O–H groups in total. The summed E-state index contributed by atoms with van der Waals surface area (Å²) in [4.78, 5) is 4.24. The number of hydrogen-bond acceptors (Lipinski definition) is 4. The van der Waals surface area contributed by atoms with Crippen molar-refractivity contribution in [3.8, 4) is 0 Å². The first kappa shape index (κ1) is 10.6. The highest BCUT2D eigenvalue weighted by Gasteiger charge is 2.19. The van der Waals surface area contributed by atoms with Crippen LogP contribution in [0.4, 0.5) is 0 Å². The van der Waals surface area contributed by atoms with E-state index >= 15 is 0 Å². The van der Waals surface area contributed by atoms with Gasteiger partial charge in [-0.25, -0.2) is 4.98 Å². The lowest BCUT2D eigenvalue weighted by Gasteiger charge is -2.19. The molecule has 1 atom stereocenters. The van der Waals surface area contributed by atoms with Crippen LogP contribution < -0.4 is 5.32 Å². The van der Waals surface area contributed by atoms with E-state index in [4.69, 9.17) is 9.15 Å². The summed E-state index contributed by atoms with van der Waals surface area (Å²) in [5, 5.41) is 3.19. The van der Waals surface area contributed by atoms with Crippen LogP contribution in [0.5, 0.6) is 0 Å². The molecule has 1 aromatic rings. The molecule has 1 aliphatic rings. The first-order valence-corrected chi connectivity index (χ1v) is 5.63. The highest BCUT2D eigenvalue weighted by Crippen LogP contribution is 2.25. The van der Waals surface area contributed by atoms with Gasteiger partial charge in [-0.05, 0) is 19.4 Å². The van der Waals surface area contributed by atoms with Crippen molar-refractivity contribution in [1.82, 2.24) is 10.3 Å². The van der Waals surface area contributed by atoms with Gasteiger partial charge < -0.3 is 14.5 Å². The third-order valence-electron chi connectivity index (χ3n) is 2.66. The quantitative estimate of drug-likeness (QED) is 0.821. The molecule has 2 heterocycles. The number of ether oxygens (including phenoxy) is 1. The van der Waals surface area contributed by atoms with E-state index in [1.54, 1.807) is 0 Å². The lowest BCUT2D eigenvalue weighted by atomic mass is 10.0. The zero-order chi connectivity index (χ0) is 10.5. The third-order valence-corrected chi connectivity index (χ3v) is 2.66. The number of aromatic nitrogens is 1. The van der Waals surface area contributed by atoms with Crippen molar-refractivity contribution in [2.45, 2.75) is 32.2 Å². The van der Waals surface area contributed by atoms with Crippen molar-refractivity contribution in [3.63, 3.8) is 0 Å². The fourth-order valence-electron chi connectivity index (χ4n) is 1.79. The predicted molar refractivity (Wildman–Crippen MR) is 56.7 cm³/mol. The maximum atomic E-state index is 5.67. The summed E-state index contributed by atoms with van der Waals surface area (Å²) in [5.74, 6) is 2.15. The predicted octanol–water partition coefficient (Wildman–Crippen LogP) is 1.68. The molecule has 0 spiro atoms. The van der Waals surface area contributed by atoms with Crippen molar-refractivity contribution in [2.75, 3.05) is 19.8 Å². The second kappa shape index (κ2) is 5.28. The maximum absolute atomic E-state index is 5.67. The van der Waals surface area contributed by atoms with Crippen LogP contribution in [0.3, 0.4) is 0 Å². The van der Waals surface area contributed by atoms with Gasteiger partial charge in [0.05, 0.1) is 19.3 Å². The molecule has 1 unspecified atom stereocenters. The van der Waals surface area contributed by atoms with E-state index in [1.807, 2.05) is 6.20 Å². The van der Waals surface area contributed by atoms with Crippen molar-refractivity contribution in [2.24, 2.45) is 0 Å². The molecule has 0 amide bonds. The first-order valence-electron chi connectivity index (χ1n) is 5.63. The molecule has 1 aromatic heterocycles. The lowest BCUT2D eigenvalue weighted by Crippen LogP contribution is -2.15. The minimum absolute atomic E-state index is 0.404. The third kappa shape index (κ3) is 2.79. The maximum Gasteiger partial charge on any atom is 0.208 e. The number of nitrogens with zero attached hydrogens (tertiary/aromatic N) is 1. The lowest BCUT2D eigenvalue weighted by molar-refractivity contribution is 0.0737. The zero-order valence-corrected chi connectivity index (χ0v) is 9.16. The second-order valence-corrected chi connectivity index (χ2v) is 3.85. The fourth-order valence-corrected chi connectivity index (χ4v) is 1.79. The van der Waals surface area contributed by atoms with Gasteiger partial charge in [-0.15, -0.1) is 0 Å². The Morgan fingerprint density at radius 1 is 1.60 bits per heavy atom. The van der Waals surface area contributed by atoms with E-state index in [9.17, 15) is 0 Å². The van der Waals surface area contributed by atoms with Crippen LogP contribution in [-0.4, -0.2) is 24.7 Å². The highest BCUT2D eigenvalue weighted by molar-refractivity contribution is 5.02. The minimum atomic E-state index is 0.404. The van der Waals surface area contributed by atoms with Crippen LogP contribution in [0.2, 0.25) is 0 Å². The first-order chi connectivity index (χ1) is 7.40. The molecule has 4 nitrogen and oxygen atoms in total. The zero-order valence-electron chi connectivity index (χ0n) is 9.16. The van der Waals surface area contributed by atoms with Gasteiger partial charge in [0.15, 0.2) is 0 Å². The minimum Gasteiger partial charge on any atom is -0.444 e. The number of rotatable bonds is 4. The summed E-state index contributed by atoms with van der Waals surface area (Å²) in [6.07, 6.45) is 4.11. The summed E-state index contributed by atoms with van der Waals surface area (Å²) < 4.78 is 11.1. The van der Waals surface area contributed by atoms with Crippen LogP contribution in [0.25, 0.3) is 0 Å². The molecule has 1 aliphatic heterocycles. The summed E-state index contributed by atoms with van der Waals surface area (Å²) in [6.45, 7) is 5.37. The van der Waals surface area contributed by atoms with E-state index in [1.165, 1.54) is 0 Å². The Balaban J connectivity index is 1.93. The average molecular weight is 210 g/mol. The molecular formula is C11H18N2O2. The van der Waals surface area contributed by atoms with Crippen LogP contribution in [-0.2, 0) is 11.3 Å². The Morgan fingerprint density at radius 3 is 3.27 bits per heavy atom. The molecule has 2 rings (SSSR count). The number of oxazole rings is 1. The highest BCUT2D eigenvalue weighted by atomic mass is 16.5. The molecular weight excluding hydrogens is 192 g/mol. The van der Waals surface area contributed by atoms with E-state index in [0.717, 1.165) is 44.3 Å². The Morgan fingerprint density at radius 2 is 2.53 bits per heavy atom. The summed E-state index contributed by atoms with van der Waals surface area (Å²) in [5.41, 5.74) is 0. The molecule has 0 aromatic carbocycles. The Labute approximate surface area is 90.0 Å². The van der Waals surface area contributed by atoms with E-state index in [2.05, 4.69) is 17.2 Å². The van der Waals surface area contributed by atoms with Crippen LogP contribution in [0.15, 0.2) is 10.6 Å². The van der Waals surface area contributed by atoms with E-state index < -0.39 is 0 Å². The van der Waals surface area contributed by atoms with Crippen molar-refractivity contribution < 1.29 is 9.15 Å². The van der Waals surface area contributed by atoms with Crippen LogP contribution in [0.1, 0.15) is 37.3 Å². The standard InChI is InChI=1S/C11H18N2O2/c1-2-12-7-11-13-6-10(15-11)9-4-3-5-14-8-9/h6,9,12H,2-5,7-8H2,1H3. The smallest absolute Gasteiger partial charge is 0.208 e. The largest absolute Gasteiger partial charge is 0.444 e. The van der Waals surface area contributed by atoms with Crippen molar-refractivity contribution in [3.05, 3.63) is 17.8 Å². The van der Waals surface area contributed by atoms with E-state index in [-0.39, 0.29) is 0 Å². The number of hydrogen-bond donors (Lipinski definition) is 1. The van der Waals surface area contributed by atoms with Crippen molar-refractivity contribution >= 4 is 0 Å². The topological polar surface area (TPSA) is 47.3 Å². The van der Waals surface area contributed by atoms with Gasteiger partial charge >= 0.3 is 0 Å². The van der Waals surface area contributed by atoms with Gasteiger partial charge in [0.2, 0.25) is 5.89 Å². The van der Waals surface area contributed by atoms with Gasteiger partial charge in [0.1, 0.15) is 5.76 Å². The van der Waals surface area contributed by atoms with E-state index in [0.29, 0.717) is 12.5 Å². The molecule has 84 valence electrons. The summed E-state index contributed by atoms with van der Waals surface area (Å²) in [7, 11) is 0. The SMILES string of the molecule is CCNCc1ncc(C2CCCOC2)o1. The second-order valence-electron chi connectivity index (χ2n) is 3.85. The van der Waals surface area contributed by atoms with Gasteiger partial charge in [-0.3, -0.25) is 0 Å². The van der Waals surface area contributed by atoms with Gasteiger partial charge in [0, 0.05) is 12.5 Å². The fraction of sp³-hybridized carbons (Fsp3) is 0.727. The normalized spacial score (nSPS) is 21.8. The molecule has 1 saturated heterocycles. The molecule has 0 aliphatic carbocycles. The molecule has 4 heteroatoms. The van der Waals surface area contributed by atoms with Gasteiger partial charge in [-0.2, -0.15) is 0 Å². The van der Waals surface area contributed by atoms with Gasteiger partial charge in [0.25, 0.3) is 0 Å². The molecule has 0 radical (unpaired) electrons. The molecule has 1 fully saturated rings. The van der Waals surface area contributed by atoms with Crippen LogP contribution >= 0.6 is 0 Å². The Bertz CT molecular complexity index is 293. The molecule has 0 saturated carbocycles. The number of nitrogens with one attached hydrogen (secondary N) is 1. The van der Waals surface area contributed by atoms with Gasteiger partial charge in [-0.1, -0.05) is 6.92 Å². The Kier molecular flexibility index (Phi) is 3.75. The monoisotopic (exact) mass is 210 g/mol. The van der Waals surface area contributed by atoms with Crippen LogP contribution in [0, 0.1) is 0 Å². The summed E-state index contributed by atoms with van der Waals surface area (Å²) >= 11 is 0. The molecule has 0 bridgehead atoms. The molecule has 15 heavy (non-hydrogen) atoms.